The van der Waals surface area contributed by atoms with Crippen molar-refractivity contribution in [2.75, 3.05) is 0 Å². The standard InChI is InChI=1S/C12H18N2O2/c1-2-3-4-5-8-12(15)14-13-10-11-7-6-9-16-11/h6-7,9-10H,2-5,8H2,1H3,(H,14,15). The molecule has 1 heterocycles. The van der Waals surface area contributed by atoms with Crippen LogP contribution in [0.25, 0.3) is 0 Å². The molecule has 0 atom stereocenters. The average molecular weight is 222 g/mol. The molecule has 1 amide bonds. The largest absolute Gasteiger partial charge is 0.463 e. The van der Waals surface area contributed by atoms with Gasteiger partial charge in [-0.15, -0.1) is 0 Å². The van der Waals surface area contributed by atoms with Gasteiger partial charge in [0.2, 0.25) is 5.91 Å². The summed E-state index contributed by atoms with van der Waals surface area (Å²) in [5.74, 6) is 0.588. The highest BCUT2D eigenvalue weighted by Gasteiger charge is 1.98. The van der Waals surface area contributed by atoms with Crippen LogP contribution in [0.3, 0.4) is 0 Å². The Morgan fingerprint density at radius 1 is 1.50 bits per heavy atom. The third kappa shape index (κ3) is 5.34. The first-order valence-electron chi connectivity index (χ1n) is 5.68. The number of hydrogen-bond donors (Lipinski definition) is 1. The van der Waals surface area contributed by atoms with E-state index in [1.54, 1.807) is 18.4 Å². The minimum absolute atomic E-state index is 0.0427. The zero-order chi connectivity index (χ0) is 11.6. The quantitative estimate of drug-likeness (QED) is 0.438. The predicted molar refractivity (Wildman–Crippen MR) is 63.2 cm³/mol. The first kappa shape index (κ1) is 12.5. The number of unbranched alkanes of at least 4 members (excludes halogenated alkanes) is 3. The molecule has 1 rings (SSSR count). The van der Waals surface area contributed by atoms with Crippen LogP contribution in [0.1, 0.15) is 44.8 Å². The molecule has 0 aromatic carbocycles. The fraction of sp³-hybridized carbons (Fsp3) is 0.500. The summed E-state index contributed by atoms with van der Waals surface area (Å²) in [6.07, 6.45) is 7.98. The van der Waals surface area contributed by atoms with E-state index in [4.69, 9.17) is 4.42 Å². The van der Waals surface area contributed by atoms with Crippen molar-refractivity contribution in [1.82, 2.24) is 5.43 Å². The Labute approximate surface area is 95.7 Å². The molecule has 4 nitrogen and oxygen atoms in total. The number of nitrogens with one attached hydrogen (secondary N) is 1. The lowest BCUT2D eigenvalue weighted by Crippen LogP contribution is -2.16. The van der Waals surface area contributed by atoms with Crippen LogP contribution < -0.4 is 5.43 Å². The Kier molecular flexibility index (Phi) is 5.99. The molecule has 0 fully saturated rings. The van der Waals surface area contributed by atoms with Gasteiger partial charge in [-0.3, -0.25) is 4.79 Å². The normalized spacial score (nSPS) is 10.8. The highest BCUT2D eigenvalue weighted by Crippen LogP contribution is 2.01. The third-order valence-corrected chi connectivity index (χ3v) is 2.18. The smallest absolute Gasteiger partial charge is 0.240 e. The molecule has 0 saturated heterocycles. The van der Waals surface area contributed by atoms with Crippen LogP contribution in [0.4, 0.5) is 0 Å². The SMILES string of the molecule is CCCCCCC(=O)NN=Cc1ccco1. The second-order valence-corrected chi connectivity index (χ2v) is 3.62. The molecule has 0 saturated carbocycles. The van der Waals surface area contributed by atoms with Gasteiger partial charge in [0, 0.05) is 6.42 Å². The minimum Gasteiger partial charge on any atom is -0.463 e. The topological polar surface area (TPSA) is 54.6 Å². The summed E-state index contributed by atoms with van der Waals surface area (Å²) >= 11 is 0. The van der Waals surface area contributed by atoms with Crippen LogP contribution in [-0.2, 0) is 4.79 Å². The lowest BCUT2D eigenvalue weighted by atomic mass is 10.1. The maximum atomic E-state index is 11.3. The van der Waals surface area contributed by atoms with Gasteiger partial charge in [-0.2, -0.15) is 5.10 Å². The number of carbonyl (C=O) groups excluding carboxylic acids is 1. The molecule has 1 N–H and O–H groups in total. The maximum Gasteiger partial charge on any atom is 0.240 e. The molecule has 0 aliphatic rings. The van der Waals surface area contributed by atoms with E-state index in [1.165, 1.54) is 19.1 Å². The van der Waals surface area contributed by atoms with Gasteiger partial charge < -0.3 is 4.42 Å². The number of furan rings is 1. The number of hydrogen-bond acceptors (Lipinski definition) is 3. The van der Waals surface area contributed by atoms with Crippen molar-refractivity contribution in [1.29, 1.82) is 0 Å². The van der Waals surface area contributed by atoms with Crippen molar-refractivity contribution >= 4 is 12.1 Å². The number of rotatable bonds is 7. The van der Waals surface area contributed by atoms with E-state index < -0.39 is 0 Å². The van der Waals surface area contributed by atoms with Crippen LogP contribution in [-0.4, -0.2) is 12.1 Å². The van der Waals surface area contributed by atoms with E-state index >= 15 is 0 Å². The summed E-state index contributed by atoms with van der Waals surface area (Å²) in [5, 5.41) is 3.79. The molecule has 0 radical (unpaired) electrons. The van der Waals surface area contributed by atoms with Crippen molar-refractivity contribution in [2.45, 2.75) is 39.0 Å². The van der Waals surface area contributed by atoms with Gasteiger partial charge in [-0.25, -0.2) is 5.43 Å². The van der Waals surface area contributed by atoms with Crippen LogP contribution in [0.5, 0.6) is 0 Å². The summed E-state index contributed by atoms with van der Waals surface area (Å²) in [4.78, 5) is 11.3. The molecule has 0 aliphatic carbocycles. The highest BCUT2D eigenvalue weighted by atomic mass is 16.3. The second kappa shape index (κ2) is 7.68. The van der Waals surface area contributed by atoms with E-state index in [2.05, 4.69) is 17.5 Å². The minimum atomic E-state index is -0.0427. The number of nitrogens with zero attached hydrogens (tertiary/aromatic N) is 1. The van der Waals surface area contributed by atoms with Crippen LogP contribution in [0.2, 0.25) is 0 Å². The van der Waals surface area contributed by atoms with Crippen molar-refractivity contribution in [3.05, 3.63) is 24.2 Å². The molecule has 88 valence electrons. The van der Waals surface area contributed by atoms with Crippen LogP contribution in [0.15, 0.2) is 27.9 Å². The van der Waals surface area contributed by atoms with Gasteiger partial charge in [0.05, 0.1) is 12.5 Å². The Bertz CT molecular complexity index is 318. The Hall–Kier alpha value is -1.58. The lowest BCUT2D eigenvalue weighted by molar-refractivity contribution is -0.121. The Morgan fingerprint density at radius 2 is 2.38 bits per heavy atom. The van der Waals surface area contributed by atoms with Gasteiger partial charge in [0.1, 0.15) is 5.76 Å². The fourth-order valence-corrected chi connectivity index (χ4v) is 1.30. The summed E-state index contributed by atoms with van der Waals surface area (Å²) in [6, 6.07) is 3.55. The van der Waals surface area contributed by atoms with Crippen molar-refractivity contribution in [2.24, 2.45) is 5.10 Å². The van der Waals surface area contributed by atoms with Gasteiger partial charge in [0.15, 0.2) is 0 Å². The molecular formula is C12H18N2O2. The van der Waals surface area contributed by atoms with E-state index in [9.17, 15) is 4.79 Å². The fourth-order valence-electron chi connectivity index (χ4n) is 1.30. The number of hydrazone groups is 1. The molecule has 1 aromatic heterocycles. The molecule has 0 unspecified atom stereocenters. The van der Waals surface area contributed by atoms with E-state index in [-0.39, 0.29) is 5.91 Å². The van der Waals surface area contributed by atoms with Gasteiger partial charge >= 0.3 is 0 Å². The summed E-state index contributed by atoms with van der Waals surface area (Å²) in [7, 11) is 0. The third-order valence-electron chi connectivity index (χ3n) is 2.18. The Balaban J connectivity index is 2.10. The number of amides is 1. The molecule has 16 heavy (non-hydrogen) atoms. The van der Waals surface area contributed by atoms with Gasteiger partial charge in [-0.05, 0) is 18.6 Å². The lowest BCUT2D eigenvalue weighted by Gasteiger charge is -1.98. The second-order valence-electron chi connectivity index (χ2n) is 3.62. The van der Waals surface area contributed by atoms with Crippen molar-refractivity contribution in [3.8, 4) is 0 Å². The predicted octanol–water partition coefficient (Wildman–Crippen LogP) is 2.70. The summed E-state index contributed by atoms with van der Waals surface area (Å²) < 4.78 is 5.03. The van der Waals surface area contributed by atoms with Gasteiger partial charge in [-0.1, -0.05) is 26.2 Å². The number of carbonyl (C=O) groups is 1. The van der Waals surface area contributed by atoms with Crippen LogP contribution in [0, 0.1) is 0 Å². The first-order chi connectivity index (χ1) is 7.83. The summed E-state index contributed by atoms with van der Waals surface area (Å²) in [6.45, 7) is 2.15. The Morgan fingerprint density at radius 3 is 3.06 bits per heavy atom. The average Bonchev–Trinajstić information content (AvgIpc) is 2.77. The molecule has 0 bridgehead atoms. The highest BCUT2D eigenvalue weighted by molar-refractivity contribution is 5.80. The molecular weight excluding hydrogens is 204 g/mol. The van der Waals surface area contributed by atoms with E-state index in [0.717, 1.165) is 12.8 Å². The van der Waals surface area contributed by atoms with Crippen LogP contribution >= 0.6 is 0 Å². The maximum absolute atomic E-state index is 11.3. The monoisotopic (exact) mass is 222 g/mol. The first-order valence-corrected chi connectivity index (χ1v) is 5.68. The molecule has 1 aromatic rings. The van der Waals surface area contributed by atoms with Gasteiger partial charge in [0.25, 0.3) is 0 Å². The van der Waals surface area contributed by atoms with Crippen molar-refractivity contribution < 1.29 is 9.21 Å². The van der Waals surface area contributed by atoms with Crippen molar-refractivity contribution in [3.63, 3.8) is 0 Å². The van der Waals surface area contributed by atoms with E-state index in [0.29, 0.717) is 12.2 Å². The zero-order valence-corrected chi connectivity index (χ0v) is 9.61. The molecule has 0 spiro atoms. The molecule has 4 heteroatoms. The molecule has 0 aliphatic heterocycles. The summed E-state index contributed by atoms with van der Waals surface area (Å²) in [5.41, 5.74) is 2.47. The zero-order valence-electron chi connectivity index (χ0n) is 9.61. The van der Waals surface area contributed by atoms with E-state index in [1.807, 2.05) is 0 Å².